The van der Waals surface area contributed by atoms with Crippen molar-refractivity contribution in [3.05, 3.63) is 11.8 Å². The minimum atomic E-state index is 0.198. The third-order valence-corrected chi connectivity index (χ3v) is 2.44. The third-order valence-electron chi connectivity index (χ3n) is 2.44. The van der Waals surface area contributed by atoms with Gasteiger partial charge in [0.25, 0.3) is 0 Å². The topological polar surface area (TPSA) is 53.1 Å². The van der Waals surface area contributed by atoms with Crippen molar-refractivity contribution in [2.45, 2.75) is 25.4 Å². The normalized spacial score (nSPS) is 23.3. The Balaban J connectivity index is 2.18. The van der Waals surface area contributed by atoms with Gasteiger partial charge in [-0.1, -0.05) is 0 Å². The molecule has 1 aromatic rings. The number of nitrogens with zero attached hydrogens (tertiary/aromatic N) is 2. The number of hydrogen-bond acceptors (Lipinski definition) is 3. The molecule has 1 saturated heterocycles. The summed E-state index contributed by atoms with van der Waals surface area (Å²) in [5, 5.41) is 4.10. The standard InChI is InChI=1S/C9H15N3O/c1-12-7(6-9(10)11-12)8-4-2-3-5-13-8/h6,8H,2-5H2,1H3,(H2,10,11). The Hall–Kier alpha value is -1.03. The molecular formula is C9H15N3O. The summed E-state index contributed by atoms with van der Waals surface area (Å²) >= 11 is 0. The molecule has 1 fully saturated rings. The van der Waals surface area contributed by atoms with E-state index >= 15 is 0 Å². The summed E-state index contributed by atoms with van der Waals surface area (Å²) in [7, 11) is 1.91. The Morgan fingerprint density at radius 2 is 2.46 bits per heavy atom. The lowest BCUT2D eigenvalue weighted by Crippen LogP contribution is -2.14. The van der Waals surface area contributed by atoms with Crippen LogP contribution in [0.3, 0.4) is 0 Å². The van der Waals surface area contributed by atoms with Crippen molar-refractivity contribution in [1.29, 1.82) is 0 Å². The maximum atomic E-state index is 5.64. The van der Waals surface area contributed by atoms with Crippen molar-refractivity contribution in [3.8, 4) is 0 Å². The van der Waals surface area contributed by atoms with Crippen LogP contribution in [-0.4, -0.2) is 16.4 Å². The molecule has 1 unspecified atom stereocenters. The maximum Gasteiger partial charge on any atom is 0.145 e. The van der Waals surface area contributed by atoms with E-state index in [9.17, 15) is 0 Å². The molecule has 1 aliphatic heterocycles. The first-order valence-electron chi connectivity index (χ1n) is 4.68. The summed E-state index contributed by atoms with van der Waals surface area (Å²) in [6, 6.07) is 1.90. The molecule has 1 atom stereocenters. The molecule has 0 aromatic carbocycles. The van der Waals surface area contributed by atoms with Crippen LogP contribution in [0.1, 0.15) is 31.1 Å². The largest absolute Gasteiger partial charge is 0.382 e. The third kappa shape index (κ3) is 1.67. The number of anilines is 1. The average molecular weight is 181 g/mol. The van der Waals surface area contributed by atoms with Gasteiger partial charge in [-0.05, 0) is 19.3 Å². The van der Waals surface area contributed by atoms with Crippen molar-refractivity contribution >= 4 is 5.82 Å². The average Bonchev–Trinajstić information content (AvgIpc) is 2.47. The quantitative estimate of drug-likeness (QED) is 0.709. The van der Waals surface area contributed by atoms with Gasteiger partial charge in [-0.25, -0.2) is 0 Å². The first kappa shape index (κ1) is 8.56. The highest BCUT2D eigenvalue weighted by Crippen LogP contribution is 2.28. The van der Waals surface area contributed by atoms with Gasteiger partial charge >= 0.3 is 0 Å². The second-order valence-electron chi connectivity index (χ2n) is 3.47. The highest BCUT2D eigenvalue weighted by molar-refractivity contribution is 5.30. The summed E-state index contributed by atoms with van der Waals surface area (Å²) in [6.45, 7) is 0.857. The Morgan fingerprint density at radius 3 is 3.00 bits per heavy atom. The lowest BCUT2D eigenvalue weighted by atomic mass is 10.1. The Morgan fingerprint density at radius 1 is 1.62 bits per heavy atom. The van der Waals surface area contributed by atoms with E-state index in [1.807, 2.05) is 17.8 Å². The molecule has 4 nitrogen and oxygen atoms in total. The first-order chi connectivity index (χ1) is 6.27. The fourth-order valence-electron chi connectivity index (χ4n) is 1.78. The SMILES string of the molecule is Cn1nc(N)cc1C1CCCCO1. The molecule has 0 spiro atoms. The molecular weight excluding hydrogens is 166 g/mol. The van der Waals surface area contributed by atoms with Crippen molar-refractivity contribution in [2.24, 2.45) is 7.05 Å². The smallest absolute Gasteiger partial charge is 0.145 e. The van der Waals surface area contributed by atoms with Crippen LogP contribution in [-0.2, 0) is 11.8 Å². The lowest BCUT2D eigenvalue weighted by molar-refractivity contribution is 0.0101. The van der Waals surface area contributed by atoms with E-state index in [1.165, 1.54) is 12.8 Å². The van der Waals surface area contributed by atoms with Gasteiger partial charge in [0.05, 0.1) is 11.8 Å². The molecule has 0 bridgehead atoms. The second kappa shape index (κ2) is 3.38. The summed E-state index contributed by atoms with van der Waals surface area (Å²) in [4.78, 5) is 0. The van der Waals surface area contributed by atoms with E-state index in [2.05, 4.69) is 5.10 Å². The highest BCUT2D eigenvalue weighted by Gasteiger charge is 2.19. The van der Waals surface area contributed by atoms with Gasteiger partial charge in [-0.3, -0.25) is 4.68 Å². The Kier molecular flexibility index (Phi) is 2.22. The van der Waals surface area contributed by atoms with Gasteiger partial charge in [0.1, 0.15) is 5.82 Å². The minimum absolute atomic E-state index is 0.198. The van der Waals surface area contributed by atoms with Gasteiger partial charge in [0.15, 0.2) is 0 Å². The number of ether oxygens (including phenoxy) is 1. The van der Waals surface area contributed by atoms with E-state index in [-0.39, 0.29) is 6.10 Å². The zero-order valence-electron chi connectivity index (χ0n) is 7.86. The molecule has 1 aliphatic rings. The summed E-state index contributed by atoms with van der Waals surface area (Å²) < 4.78 is 7.45. The summed E-state index contributed by atoms with van der Waals surface area (Å²) in [6.07, 6.45) is 3.68. The molecule has 13 heavy (non-hydrogen) atoms. The van der Waals surface area contributed by atoms with Crippen LogP contribution < -0.4 is 5.73 Å². The van der Waals surface area contributed by atoms with Crippen molar-refractivity contribution in [3.63, 3.8) is 0 Å². The Bertz CT molecular complexity index is 289. The maximum absolute atomic E-state index is 5.64. The minimum Gasteiger partial charge on any atom is -0.382 e. The first-order valence-corrected chi connectivity index (χ1v) is 4.68. The van der Waals surface area contributed by atoms with E-state index in [0.29, 0.717) is 5.82 Å². The molecule has 2 heterocycles. The Labute approximate surface area is 77.7 Å². The molecule has 0 amide bonds. The second-order valence-corrected chi connectivity index (χ2v) is 3.47. The van der Waals surface area contributed by atoms with Crippen molar-refractivity contribution in [1.82, 2.24) is 9.78 Å². The summed E-state index contributed by atoms with van der Waals surface area (Å²) in [5.74, 6) is 0.576. The van der Waals surface area contributed by atoms with Gasteiger partial charge in [0.2, 0.25) is 0 Å². The fourth-order valence-corrected chi connectivity index (χ4v) is 1.78. The summed E-state index contributed by atoms with van der Waals surface area (Å²) in [5.41, 5.74) is 6.69. The predicted molar refractivity (Wildman–Crippen MR) is 50.2 cm³/mol. The molecule has 2 N–H and O–H groups in total. The molecule has 0 radical (unpaired) electrons. The molecule has 0 saturated carbocycles. The van der Waals surface area contributed by atoms with E-state index in [4.69, 9.17) is 10.5 Å². The van der Waals surface area contributed by atoms with Gasteiger partial charge in [0, 0.05) is 19.7 Å². The number of nitrogen functional groups attached to an aromatic ring is 1. The number of aryl methyl sites for hydroxylation is 1. The number of rotatable bonds is 1. The zero-order chi connectivity index (χ0) is 9.26. The van der Waals surface area contributed by atoms with Gasteiger partial charge in [-0.2, -0.15) is 5.10 Å². The van der Waals surface area contributed by atoms with E-state index in [0.717, 1.165) is 18.7 Å². The number of hydrogen-bond donors (Lipinski definition) is 1. The van der Waals surface area contributed by atoms with Crippen LogP contribution in [0.15, 0.2) is 6.07 Å². The number of nitrogens with two attached hydrogens (primary N) is 1. The monoisotopic (exact) mass is 181 g/mol. The van der Waals surface area contributed by atoms with Crippen molar-refractivity contribution in [2.75, 3.05) is 12.3 Å². The fraction of sp³-hybridized carbons (Fsp3) is 0.667. The van der Waals surface area contributed by atoms with Crippen LogP contribution >= 0.6 is 0 Å². The lowest BCUT2D eigenvalue weighted by Gasteiger charge is -2.22. The van der Waals surface area contributed by atoms with Gasteiger partial charge in [-0.15, -0.1) is 0 Å². The van der Waals surface area contributed by atoms with Crippen molar-refractivity contribution < 1.29 is 4.74 Å². The molecule has 0 aliphatic carbocycles. The van der Waals surface area contributed by atoms with Crippen LogP contribution in [0, 0.1) is 0 Å². The van der Waals surface area contributed by atoms with Crippen LogP contribution in [0.2, 0.25) is 0 Å². The number of aromatic nitrogens is 2. The highest BCUT2D eigenvalue weighted by atomic mass is 16.5. The van der Waals surface area contributed by atoms with Crippen LogP contribution in [0.4, 0.5) is 5.82 Å². The predicted octanol–water partition coefficient (Wildman–Crippen LogP) is 1.24. The van der Waals surface area contributed by atoms with E-state index < -0.39 is 0 Å². The van der Waals surface area contributed by atoms with Crippen LogP contribution in [0.5, 0.6) is 0 Å². The van der Waals surface area contributed by atoms with Crippen LogP contribution in [0.25, 0.3) is 0 Å². The van der Waals surface area contributed by atoms with E-state index in [1.54, 1.807) is 0 Å². The zero-order valence-corrected chi connectivity index (χ0v) is 7.86. The molecule has 72 valence electrons. The molecule has 4 heteroatoms. The van der Waals surface area contributed by atoms with Gasteiger partial charge < -0.3 is 10.5 Å². The molecule has 1 aromatic heterocycles. The molecule has 2 rings (SSSR count).